The molecule has 164 valence electrons. The second kappa shape index (κ2) is 9.94. The summed E-state index contributed by atoms with van der Waals surface area (Å²) in [5, 5.41) is 4.94. The SMILES string of the molecule is COc1ccc([C@@H](CC(C)C)NC(=O)[C@H]2CCCN(S(=O)(=O)c3cccs3)C2)cc1. The molecule has 0 spiro atoms. The van der Waals surface area contributed by atoms with Gasteiger partial charge < -0.3 is 10.1 Å². The Bertz CT molecular complexity index is 925. The van der Waals surface area contributed by atoms with Crippen LogP contribution >= 0.6 is 11.3 Å². The Morgan fingerprint density at radius 2 is 2.00 bits per heavy atom. The minimum absolute atomic E-state index is 0.0810. The van der Waals surface area contributed by atoms with Crippen molar-refractivity contribution < 1.29 is 17.9 Å². The number of methoxy groups -OCH3 is 1. The molecule has 0 aliphatic carbocycles. The fourth-order valence-electron chi connectivity index (χ4n) is 3.79. The van der Waals surface area contributed by atoms with E-state index in [4.69, 9.17) is 4.74 Å². The minimum Gasteiger partial charge on any atom is -0.497 e. The Labute approximate surface area is 183 Å². The summed E-state index contributed by atoms with van der Waals surface area (Å²) in [4.78, 5) is 13.1. The zero-order chi connectivity index (χ0) is 21.7. The number of hydrogen-bond donors (Lipinski definition) is 1. The van der Waals surface area contributed by atoms with Gasteiger partial charge in [0.05, 0.1) is 19.1 Å². The molecule has 2 atom stereocenters. The summed E-state index contributed by atoms with van der Waals surface area (Å²) in [5.41, 5.74) is 1.02. The molecular weight excluding hydrogens is 420 g/mol. The largest absolute Gasteiger partial charge is 0.497 e. The molecule has 0 radical (unpaired) electrons. The quantitative estimate of drug-likeness (QED) is 0.658. The average Bonchev–Trinajstić information content (AvgIpc) is 3.29. The van der Waals surface area contributed by atoms with E-state index in [1.165, 1.54) is 15.6 Å². The lowest BCUT2D eigenvalue weighted by molar-refractivity contribution is -0.127. The Kier molecular flexibility index (Phi) is 7.55. The number of benzene rings is 1. The number of carbonyl (C=O) groups is 1. The van der Waals surface area contributed by atoms with Gasteiger partial charge in [-0.2, -0.15) is 4.31 Å². The summed E-state index contributed by atoms with van der Waals surface area (Å²) in [5.74, 6) is 0.749. The van der Waals surface area contributed by atoms with Gasteiger partial charge in [0.15, 0.2) is 0 Å². The summed E-state index contributed by atoms with van der Waals surface area (Å²) in [6.45, 7) is 4.93. The van der Waals surface area contributed by atoms with Crippen LogP contribution in [0, 0.1) is 11.8 Å². The van der Waals surface area contributed by atoms with E-state index in [9.17, 15) is 13.2 Å². The zero-order valence-corrected chi connectivity index (χ0v) is 19.3. The Morgan fingerprint density at radius 3 is 2.60 bits per heavy atom. The van der Waals surface area contributed by atoms with Crippen molar-refractivity contribution in [2.45, 2.75) is 43.4 Å². The predicted molar refractivity (Wildman–Crippen MR) is 119 cm³/mol. The van der Waals surface area contributed by atoms with E-state index in [1.807, 2.05) is 24.3 Å². The van der Waals surface area contributed by atoms with Gasteiger partial charge in [-0.1, -0.05) is 32.0 Å². The smallest absolute Gasteiger partial charge is 0.252 e. The number of sulfonamides is 1. The van der Waals surface area contributed by atoms with Gasteiger partial charge in [-0.3, -0.25) is 4.79 Å². The number of nitrogens with zero attached hydrogens (tertiary/aromatic N) is 1. The molecule has 1 saturated heterocycles. The number of rotatable bonds is 8. The van der Waals surface area contributed by atoms with Crippen LogP contribution in [0.4, 0.5) is 0 Å². The Hall–Kier alpha value is -1.90. The maximum atomic E-state index is 13.1. The summed E-state index contributed by atoms with van der Waals surface area (Å²) in [6, 6.07) is 11.0. The van der Waals surface area contributed by atoms with Crippen molar-refractivity contribution in [1.82, 2.24) is 9.62 Å². The van der Waals surface area contributed by atoms with Crippen molar-refractivity contribution in [1.29, 1.82) is 0 Å². The number of amides is 1. The Balaban J connectivity index is 1.71. The highest BCUT2D eigenvalue weighted by Gasteiger charge is 2.34. The first kappa shape index (κ1) is 22.8. The van der Waals surface area contributed by atoms with Crippen LogP contribution in [-0.4, -0.2) is 38.8 Å². The number of hydrogen-bond acceptors (Lipinski definition) is 5. The number of nitrogens with one attached hydrogen (secondary N) is 1. The van der Waals surface area contributed by atoms with E-state index >= 15 is 0 Å². The van der Waals surface area contributed by atoms with Crippen LogP contribution in [0.25, 0.3) is 0 Å². The highest BCUT2D eigenvalue weighted by Crippen LogP contribution is 2.28. The Morgan fingerprint density at radius 1 is 1.27 bits per heavy atom. The molecule has 1 aromatic heterocycles. The molecule has 1 aliphatic heterocycles. The first-order valence-corrected chi connectivity index (χ1v) is 12.6. The molecule has 2 aromatic rings. The molecule has 1 N–H and O–H groups in total. The summed E-state index contributed by atoms with van der Waals surface area (Å²) >= 11 is 1.21. The molecule has 0 bridgehead atoms. The van der Waals surface area contributed by atoms with Gasteiger partial charge in [-0.25, -0.2) is 8.42 Å². The highest BCUT2D eigenvalue weighted by atomic mass is 32.2. The molecule has 3 rings (SSSR count). The molecule has 0 saturated carbocycles. The fraction of sp³-hybridized carbons (Fsp3) is 0.500. The maximum Gasteiger partial charge on any atom is 0.252 e. The third kappa shape index (κ3) is 5.42. The van der Waals surface area contributed by atoms with E-state index in [2.05, 4.69) is 19.2 Å². The van der Waals surface area contributed by atoms with E-state index in [1.54, 1.807) is 24.6 Å². The number of thiophene rings is 1. The zero-order valence-electron chi connectivity index (χ0n) is 17.7. The van der Waals surface area contributed by atoms with Crippen LogP contribution in [0.15, 0.2) is 46.0 Å². The topological polar surface area (TPSA) is 75.7 Å². The fourth-order valence-corrected chi connectivity index (χ4v) is 6.46. The van der Waals surface area contributed by atoms with Gasteiger partial charge in [-0.05, 0) is 54.3 Å². The number of piperidine rings is 1. The van der Waals surface area contributed by atoms with E-state index < -0.39 is 10.0 Å². The van der Waals surface area contributed by atoms with Gasteiger partial charge in [0, 0.05) is 13.1 Å². The molecular formula is C22H30N2O4S2. The molecule has 1 aliphatic rings. The van der Waals surface area contributed by atoms with Gasteiger partial charge >= 0.3 is 0 Å². The first-order chi connectivity index (χ1) is 14.3. The van der Waals surface area contributed by atoms with Crippen LogP contribution in [0.2, 0.25) is 0 Å². The van der Waals surface area contributed by atoms with Crippen LogP contribution in [0.1, 0.15) is 44.7 Å². The predicted octanol–water partition coefficient (Wildman–Crippen LogP) is 4.06. The summed E-state index contributed by atoms with van der Waals surface area (Å²) in [6.07, 6.45) is 2.18. The lowest BCUT2D eigenvalue weighted by Gasteiger charge is -2.32. The van der Waals surface area contributed by atoms with Crippen LogP contribution in [-0.2, 0) is 14.8 Å². The van der Waals surface area contributed by atoms with Crippen molar-refractivity contribution in [2.75, 3.05) is 20.2 Å². The van der Waals surface area contributed by atoms with Crippen molar-refractivity contribution in [3.05, 3.63) is 47.3 Å². The van der Waals surface area contributed by atoms with E-state index in [0.717, 1.165) is 17.7 Å². The second-order valence-electron chi connectivity index (χ2n) is 8.10. The van der Waals surface area contributed by atoms with Crippen molar-refractivity contribution in [2.24, 2.45) is 11.8 Å². The van der Waals surface area contributed by atoms with Crippen LogP contribution < -0.4 is 10.1 Å². The van der Waals surface area contributed by atoms with E-state index in [0.29, 0.717) is 29.5 Å². The molecule has 1 aromatic carbocycles. The molecule has 1 amide bonds. The third-order valence-electron chi connectivity index (χ3n) is 5.39. The van der Waals surface area contributed by atoms with Gasteiger partial charge in [0.2, 0.25) is 5.91 Å². The van der Waals surface area contributed by atoms with Gasteiger partial charge in [-0.15, -0.1) is 11.3 Å². The van der Waals surface area contributed by atoms with Crippen LogP contribution in [0.5, 0.6) is 5.75 Å². The summed E-state index contributed by atoms with van der Waals surface area (Å²) < 4.78 is 32.7. The monoisotopic (exact) mass is 450 g/mol. The first-order valence-electron chi connectivity index (χ1n) is 10.3. The van der Waals surface area contributed by atoms with Crippen molar-refractivity contribution in [3.8, 4) is 5.75 Å². The summed E-state index contributed by atoms with van der Waals surface area (Å²) in [7, 11) is -1.91. The molecule has 1 fully saturated rings. The number of carbonyl (C=O) groups excluding carboxylic acids is 1. The molecule has 2 heterocycles. The van der Waals surface area contributed by atoms with E-state index in [-0.39, 0.29) is 24.4 Å². The van der Waals surface area contributed by atoms with Crippen LogP contribution in [0.3, 0.4) is 0 Å². The molecule has 30 heavy (non-hydrogen) atoms. The normalized spacial score (nSPS) is 18.9. The third-order valence-corrected chi connectivity index (χ3v) is 8.62. The van der Waals surface area contributed by atoms with Gasteiger partial charge in [0.25, 0.3) is 10.0 Å². The lowest BCUT2D eigenvalue weighted by Crippen LogP contribution is -2.46. The van der Waals surface area contributed by atoms with Crippen molar-refractivity contribution in [3.63, 3.8) is 0 Å². The molecule has 0 unspecified atom stereocenters. The van der Waals surface area contributed by atoms with Crippen molar-refractivity contribution >= 4 is 27.3 Å². The molecule has 6 nitrogen and oxygen atoms in total. The minimum atomic E-state index is -3.53. The highest BCUT2D eigenvalue weighted by molar-refractivity contribution is 7.91. The second-order valence-corrected chi connectivity index (χ2v) is 11.2. The number of ether oxygens (including phenoxy) is 1. The van der Waals surface area contributed by atoms with Gasteiger partial charge in [0.1, 0.15) is 9.96 Å². The maximum absolute atomic E-state index is 13.1. The average molecular weight is 451 g/mol. The lowest BCUT2D eigenvalue weighted by atomic mass is 9.94. The molecule has 8 heteroatoms. The standard InChI is InChI=1S/C22H30N2O4S2/c1-16(2)14-20(17-8-10-19(28-3)11-9-17)23-22(25)18-6-4-12-24(15-18)30(26,27)21-7-5-13-29-21/h5,7-11,13,16,18,20H,4,6,12,14-15H2,1-3H3,(H,23,25)/t18-,20+/m0/s1.